The van der Waals surface area contributed by atoms with Crippen LogP contribution >= 0.6 is 15.9 Å². The Bertz CT molecular complexity index is 370. The van der Waals surface area contributed by atoms with Crippen LogP contribution in [0.15, 0.2) is 22.7 Å². The standard InChI is InChI=1S/C14H21BrN2/c1-3-12-8-13(10-14(15)9-12)11-17-6-4-16(2)5-7-17/h8-10H,3-7,11H2,1-2H3. The number of hydrogen-bond acceptors (Lipinski definition) is 2. The van der Waals surface area contributed by atoms with Crippen LogP contribution in [0.5, 0.6) is 0 Å². The van der Waals surface area contributed by atoms with Crippen LogP contribution < -0.4 is 0 Å². The molecule has 0 spiro atoms. The van der Waals surface area contributed by atoms with Gasteiger partial charge in [0.2, 0.25) is 0 Å². The fourth-order valence-electron chi connectivity index (χ4n) is 2.28. The van der Waals surface area contributed by atoms with E-state index in [0.29, 0.717) is 0 Å². The maximum Gasteiger partial charge on any atom is 0.0235 e. The van der Waals surface area contributed by atoms with Crippen LogP contribution in [0.3, 0.4) is 0 Å². The molecular formula is C14H21BrN2. The maximum absolute atomic E-state index is 3.60. The minimum absolute atomic E-state index is 1.08. The molecule has 17 heavy (non-hydrogen) atoms. The molecule has 0 radical (unpaired) electrons. The summed E-state index contributed by atoms with van der Waals surface area (Å²) >= 11 is 3.60. The van der Waals surface area contributed by atoms with E-state index in [2.05, 4.69) is 57.9 Å². The molecule has 3 heteroatoms. The lowest BCUT2D eigenvalue weighted by Gasteiger charge is -2.32. The fraction of sp³-hybridized carbons (Fsp3) is 0.571. The molecule has 1 heterocycles. The van der Waals surface area contributed by atoms with Crippen LogP contribution in [0.2, 0.25) is 0 Å². The Labute approximate surface area is 113 Å². The first-order valence-electron chi connectivity index (χ1n) is 6.36. The third kappa shape index (κ3) is 3.80. The van der Waals surface area contributed by atoms with E-state index in [-0.39, 0.29) is 0 Å². The number of halogens is 1. The molecule has 2 rings (SSSR count). The summed E-state index contributed by atoms with van der Waals surface area (Å²) < 4.78 is 1.21. The highest BCUT2D eigenvalue weighted by molar-refractivity contribution is 9.10. The van der Waals surface area contributed by atoms with Gasteiger partial charge in [0, 0.05) is 37.2 Å². The van der Waals surface area contributed by atoms with E-state index in [1.54, 1.807) is 0 Å². The van der Waals surface area contributed by atoms with E-state index in [0.717, 1.165) is 13.0 Å². The van der Waals surface area contributed by atoms with E-state index in [9.17, 15) is 0 Å². The predicted octanol–water partition coefficient (Wildman–Crippen LogP) is 2.76. The molecule has 0 unspecified atom stereocenters. The van der Waals surface area contributed by atoms with Crippen LogP contribution in [0, 0.1) is 0 Å². The summed E-state index contributed by atoms with van der Waals surface area (Å²) in [7, 11) is 2.20. The lowest BCUT2D eigenvalue weighted by Crippen LogP contribution is -2.43. The number of likely N-dealkylation sites (N-methyl/N-ethyl adjacent to an activating group) is 1. The van der Waals surface area contributed by atoms with Gasteiger partial charge in [-0.3, -0.25) is 4.90 Å². The van der Waals surface area contributed by atoms with Crippen molar-refractivity contribution in [3.8, 4) is 0 Å². The molecule has 1 saturated heterocycles. The third-order valence-corrected chi connectivity index (χ3v) is 3.89. The molecule has 0 aliphatic carbocycles. The van der Waals surface area contributed by atoms with Crippen LogP contribution in [0.4, 0.5) is 0 Å². The van der Waals surface area contributed by atoms with E-state index in [4.69, 9.17) is 0 Å². The highest BCUT2D eigenvalue weighted by atomic mass is 79.9. The van der Waals surface area contributed by atoms with Gasteiger partial charge in [-0.05, 0) is 36.7 Å². The zero-order valence-electron chi connectivity index (χ0n) is 10.7. The van der Waals surface area contributed by atoms with Crippen LogP contribution in [0.1, 0.15) is 18.1 Å². The average molecular weight is 297 g/mol. The first-order valence-corrected chi connectivity index (χ1v) is 7.16. The molecule has 0 amide bonds. The van der Waals surface area contributed by atoms with E-state index >= 15 is 0 Å². The third-order valence-electron chi connectivity index (χ3n) is 3.43. The van der Waals surface area contributed by atoms with Crippen molar-refractivity contribution in [2.75, 3.05) is 33.2 Å². The summed E-state index contributed by atoms with van der Waals surface area (Å²) in [5.74, 6) is 0. The summed E-state index contributed by atoms with van der Waals surface area (Å²) in [6.45, 7) is 8.04. The smallest absolute Gasteiger partial charge is 0.0235 e. The van der Waals surface area contributed by atoms with Crippen molar-refractivity contribution >= 4 is 15.9 Å². The maximum atomic E-state index is 3.60. The van der Waals surface area contributed by atoms with E-state index in [1.165, 1.54) is 41.8 Å². The molecule has 1 aliphatic heterocycles. The average Bonchev–Trinajstić information content (AvgIpc) is 2.31. The number of benzene rings is 1. The number of rotatable bonds is 3. The van der Waals surface area contributed by atoms with Gasteiger partial charge < -0.3 is 4.90 Å². The number of aryl methyl sites for hydroxylation is 1. The van der Waals surface area contributed by atoms with Gasteiger partial charge in [0.15, 0.2) is 0 Å². The fourth-order valence-corrected chi connectivity index (χ4v) is 2.87. The summed E-state index contributed by atoms with van der Waals surface area (Å²) in [6, 6.07) is 6.80. The van der Waals surface area contributed by atoms with Gasteiger partial charge in [-0.2, -0.15) is 0 Å². The number of nitrogens with zero attached hydrogens (tertiary/aromatic N) is 2. The second kappa shape index (κ2) is 5.98. The van der Waals surface area contributed by atoms with Crippen molar-refractivity contribution in [1.82, 2.24) is 9.80 Å². The molecule has 1 aromatic carbocycles. The second-order valence-electron chi connectivity index (χ2n) is 4.90. The van der Waals surface area contributed by atoms with Gasteiger partial charge in [0.1, 0.15) is 0 Å². The van der Waals surface area contributed by atoms with Crippen LogP contribution in [0.25, 0.3) is 0 Å². The molecule has 0 atom stereocenters. The Hall–Kier alpha value is -0.380. The summed E-state index contributed by atoms with van der Waals surface area (Å²) in [5.41, 5.74) is 2.85. The minimum Gasteiger partial charge on any atom is -0.304 e. The highest BCUT2D eigenvalue weighted by Crippen LogP contribution is 2.18. The van der Waals surface area contributed by atoms with Gasteiger partial charge >= 0.3 is 0 Å². The molecule has 0 saturated carbocycles. The topological polar surface area (TPSA) is 6.48 Å². The van der Waals surface area contributed by atoms with E-state index in [1.807, 2.05) is 0 Å². The predicted molar refractivity (Wildman–Crippen MR) is 76.3 cm³/mol. The van der Waals surface area contributed by atoms with Gasteiger partial charge in [0.25, 0.3) is 0 Å². The van der Waals surface area contributed by atoms with E-state index < -0.39 is 0 Å². The molecular weight excluding hydrogens is 276 g/mol. The molecule has 0 bridgehead atoms. The van der Waals surface area contributed by atoms with Gasteiger partial charge in [-0.15, -0.1) is 0 Å². The lowest BCUT2D eigenvalue weighted by atomic mass is 10.1. The van der Waals surface area contributed by atoms with Crippen molar-refractivity contribution < 1.29 is 0 Å². The van der Waals surface area contributed by atoms with Crippen LogP contribution in [-0.2, 0) is 13.0 Å². The largest absolute Gasteiger partial charge is 0.304 e. The molecule has 0 aromatic heterocycles. The van der Waals surface area contributed by atoms with Crippen molar-refractivity contribution in [2.45, 2.75) is 19.9 Å². The SMILES string of the molecule is CCc1cc(Br)cc(CN2CCN(C)CC2)c1. The molecule has 94 valence electrons. The monoisotopic (exact) mass is 296 g/mol. The number of hydrogen-bond donors (Lipinski definition) is 0. The molecule has 1 fully saturated rings. The summed E-state index contributed by atoms with van der Waals surface area (Å²) in [6.07, 6.45) is 1.11. The second-order valence-corrected chi connectivity index (χ2v) is 5.82. The van der Waals surface area contributed by atoms with Crippen molar-refractivity contribution in [1.29, 1.82) is 0 Å². The Morgan fingerprint density at radius 1 is 1.06 bits per heavy atom. The summed E-state index contributed by atoms with van der Waals surface area (Å²) in [4.78, 5) is 4.94. The van der Waals surface area contributed by atoms with Crippen molar-refractivity contribution in [2.24, 2.45) is 0 Å². The van der Waals surface area contributed by atoms with Gasteiger partial charge in [-0.1, -0.05) is 28.9 Å². The molecule has 1 aromatic rings. The quantitative estimate of drug-likeness (QED) is 0.846. The van der Waals surface area contributed by atoms with Crippen molar-refractivity contribution in [3.63, 3.8) is 0 Å². The highest BCUT2D eigenvalue weighted by Gasteiger charge is 2.14. The Kier molecular flexibility index (Phi) is 4.60. The minimum atomic E-state index is 1.08. The van der Waals surface area contributed by atoms with Gasteiger partial charge in [0.05, 0.1) is 0 Å². The Morgan fingerprint density at radius 2 is 1.71 bits per heavy atom. The summed E-state index contributed by atoms with van der Waals surface area (Å²) in [5, 5.41) is 0. The Morgan fingerprint density at radius 3 is 2.35 bits per heavy atom. The van der Waals surface area contributed by atoms with Gasteiger partial charge in [-0.25, -0.2) is 0 Å². The molecule has 2 nitrogen and oxygen atoms in total. The zero-order valence-corrected chi connectivity index (χ0v) is 12.3. The first-order chi connectivity index (χ1) is 8.17. The lowest BCUT2D eigenvalue weighted by molar-refractivity contribution is 0.148. The Balaban J connectivity index is 2.00. The van der Waals surface area contributed by atoms with Crippen molar-refractivity contribution in [3.05, 3.63) is 33.8 Å². The normalized spacial score (nSPS) is 18.5. The molecule has 1 aliphatic rings. The molecule has 0 N–H and O–H groups in total. The zero-order chi connectivity index (χ0) is 12.3. The number of piperazine rings is 1. The van der Waals surface area contributed by atoms with Crippen LogP contribution in [-0.4, -0.2) is 43.0 Å². The first kappa shape index (κ1) is 13.1.